The van der Waals surface area contributed by atoms with Gasteiger partial charge in [-0.15, -0.1) is 0 Å². The SMILES string of the molecule is CC(N)C(CO)N(C)C(C)C. The molecule has 2 atom stereocenters. The first-order valence-corrected chi connectivity index (χ1v) is 4.09. The number of aliphatic hydroxyl groups excluding tert-OH is 1. The van der Waals surface area contributed by atoms with Crippen molar-refractivity contribution in [2.75, 3.05) is 13.7 Å². The summed E-state index contributed by atoms with van der Waals surface area (Å²) in [6, 6.07) is 0.528. The Morgan fingerprint density at radius 3 is 1.91 bits per heavy atom. The van der Waals surface area contributed by atoms with Crippen LogP contribution in [0.2, 0.25) is 0 Å². The fourth-order valence-electron chi connectivity index (χ4n) is 1.05. The Morgan fingerprint density at radius 1 is 1.36 bits per heavy atom. The zero-order valence-corrected chi connectivity index (χ0v) is 7.91. The Kier molecular flexibility index (Phi) is 4.65. The highest BCUT2D eigenvalue weighted by atomic mass is 16.3. The number of nitrogens with two attached hydrogens (primary N) is 1. The van der Waals surface area contributed by atoms with Crippen LogP contribution >= 0.6 is 0 Å². The lowest BCUT2D eigenvalue weighted by atomic mass is 10.1. The summed E-state index contributed by atoms with van der Waals surface area (Å²) in [5, 5.41) is 8.99. The van der Waals surface area contributed by atoms with Crippen molar-refractivity contribution in [3.05, 3.63) is 0 Å². The van der Waals surface area contributed by atoms with Gasteiger partial charge in [0, 0.05) is 18.1 Å². The van der Waals surface area contributed by atoms with E-state index >= 15 is 0 Å². The van der Waals surface area contributed by atoms with Crippen LogP contribution in [0.25, 0.3) is 0 Å². The van der Waals surface area contributed by atoms with E-state index in [0.717, 1.165) is 0 Å². The summed E-state index contributed by atoms with van der Waals surface area (Å²) >= 11 is 0. The second-order valence-corrected chi connectivity index (χ2v) is 3.37. The minimum Gasteiger partial charge on any atom is -0.395 e. The Bertz CT molecular complexity index is 104. The van der Waals surface area contributed by atoms with Gasteiger partial charge in [-0.25, -0.2) is 0 Å². The Balaban J connectivity index is 4.02. The van der Waals surface area contributed by atoms with Crippen molar-refractivity contribution in [2.24, 2.45) is 5.73 Å². The first-order chi connectivity index (χ1) is 5.00. The van der Waals surface area contributed by atoms with Crippen molar-refractivity contribution >= 4 is 0 Å². The van der Waals surface area contributed by atoms with Crippen molar-refractivity contribution < 1.29 is 5.11 Å². The van der Waals surface area contributed by atoms with E-state index in [4.69, 9.17) is 10.8 Å². The normalized spacial score (nSPS) is 17.5. The van der Waals surface area contributed by atoms with E-state index in [1.165, 1.54) is 0 Å². The van der Waals surface area contributed by atoms with Gasteiger partial charge in [0.15, 0.2) is 0 Å². The fraction of sp³-hybridized carbons (Fsp3) is 1.00. The zero-order chi connectivity index (χ0) is 9.02. The summed E-state index contributed by atoms with van der Waals surface area (Å²) in [6.07, 6.45) is 0. The van der Waals surface area contributed by atoms with Gasteiger partial charge in [-0.2, -0.15) is 0 Å². The summed E-state index contributed by atoms with van der Waals surface area (Å²) in [5.74, 6) is 0. The maximum Gasteiger partial charge on any atom is 0.0601 e. The lowest BCUT2D eigenvalue weighted by molar-refractivity contribution is 0.107. The van der Waals surface area contributed by atoms with Crippen LogP contribution in [0.1, 0.15) is 20.8 Å². The van der Waals surface area contributed by atoms with E-state index < -0.39 is 0 Å². The Hall–Kier alpha value is -0.120. The van der Waals surface area contributed by atoms with Gasteiger partial charge >= 0.3 is 0 Å². The van der Waals surface area contributed by atoms with Gasteiger partial charge in [-0.1, -0.05) is 0 Å². The molecule has 0 saturated heterocycles. The molecule has 3 heteroatoms. The number of nitrogens with zero attached hydrogens (tertiary/aromatic N) is 1. The lowest BCUT2D eigenvalue weighted by Crippen LogP contribution is -2.49. The third-order valence-electron chi connectivity index (χ3n) is 2.13. The number of hydrogen-bond donors (Lipinski definition) is 2. The molecule has 2 unspecified atom stereocenters. The molecule has 0 bridgehead atoms. The summed E-state index contributed by atoms with van der Waals surface area (Å²) in [5.41, 5.74) is 5.68. The summed E-state index contributed by atoms with van der Waals surface area (Å²) in [4.78, 5) is 2.09. The van der Waals surface area contributed by atoms with Crippen LogP contribution in [0.3, 0.4) is 0 Å². The first-order valence-electron chi connectivity index (χ1n) is 4.09. The highest BCUT2D eigenvalue weighted by Gasteiger charge is 2.19. The standard InChI is InChI=1S/C8H20N2O/c1-6(2)10(4)8(5-11)7(3)9/h6-8,11H,5,9H2,1-4H3. The molecule has 0 aromatic carbocycles. The largest absolute Gasteiger partial charge is 0.395 e. The number of likely N-dealkylation sites (N-methyl/N-ethyl adjacent to an activating group) is 1. The maximum atomic E-state index is 8.99. The van der Waals surface area contributed by atoms with Crippen molar-refractivity contribution in [1.82, 2.24) is 4.90 Å². The van der Waals surface area contributed by atoms with Gasteiger partial charge in [0.25, 0.3) is 0 Å². The van der Waals surface area contributed by atoms with Crippen LogP contribution in [0, 0.1) is 0 Å². The third kappa shape index (κ3) is 3.18. The van der Waals surface area contributed by atoms with Crippen LogP contribution in [-0.4, -0.2) is 41.8 Å². The summed E-state index contributed by atoms with van der Waals surface area (Å²) in [6.45, 7) is 6.22. The summed E-state index contributed by atoms with van der Waals surface area (Å²) < 4.78 is 0. The number of aliphatic hydroxyl groups is 1. The predicted octanol–water partition coefficient (Wildman–Crippen LogP) is 0.0347. The van der Waals surface area contributed by atoms with Crippen LogP contribution in [0.5, 0.6) is 0 Å². The highest BCUT2D eigenvalue weighted by molar-refractivity contribution is 4.77. The average Bonchev–Trinajstić information content (AvgIpc) is 1.88. The molecular formula is C8H20N2O. The molecule has 0 aromatic heterocycles. The van der Waals surface area contributed by atoms with Gasteiger partial charge in [0.1, 0.15) is 0 Å². The molecule has 0 aliphatic heterocycles. The second kappa shape index (κ2) is 4.70. The van der Waals surface area contributed by atoms with Crippen molar-refractivity contribution in [2.45, 2.75) is 38.9 Å². The molecule has 0 fully saturated rings. The molecule has 0 saturated carbocycles. The molecule has 0 spiro atoms. The quantitative estimate of drug-likeness (QED) is 0.610. The molecule has 0 aliphatic rings. The fourth-order valence-corrected chi connectivity index (χ4v) is 1.05. The lowest BCUT2D eigenvalue weighted by Gasteiger charge is -2.32. The number of rotatable bonds is 4. The molecule has 11 heavy (non-hydrogen) atoms. The van der Waals surface area contributed by atoms with Crippen LogP contribution < -0.4 is 5.73 Å². The monoisotopic (exact) mass is 160 g/mol. The smallest absolute Gasteiger partial charge is 0.0601 e. The van der Waals surface area contributed by atoms with E-state index in [1.54, 1.807) is 0 Å². The highest BCUT2D eigenvalue weighted by Crippen LogP contribution is 2.04. The molecule has 0 amide bonds. The van der Waals surface area contributed by atoms with Crippen molar-refractivity contribution in [1.29, 1.82) is 0 Å². The zero-order valence-electron chi connectivity index (χ0n) is 7.91. The molecule has 68 valence electrons. The minimum atomic E-state index is 0.0207. The van der Waals surface area contributed by atoms with Gasteiger partial charge in [-0.05, 0) is 27.8 Å². The third-order valence-corrected chi connectivity index (χ3v) is 2.13. The molecule has 3 N–H and O–H groups in total. The molecule has 0 radical (unpaired) electrons. The van der Waals surface area contributed by atoms with Gasteiger partial charge < -0.3 is 10.8 Å². The average molecular weight is 160 g/mol. The van der Waals surface area contributed by atoms with Gasteiger partial charge in [0.05, 0.1) is 6.61 Å². The molecule has 0 aliphatic carbocycles. The molecule has 0 heterocycles. The van der Waals surface area contributed by atoms with E-state index in [9.17, 15) is 0 Å². The summed E-state index contributed by atoms with van der Waals surface area (Å²) in [7, 11) is 1.98. The molecule has 3 nitrogen and oxygen atoms in total. The van der Waals surface area contributed by atoms with Gasteiger partial charge in [0.2, 0.25) is 0 Å². The van der Waals surface area contributed by atoms with Crippen LogP contribution in [-0.2, 0) is 0 Å². The second-order valence-electron chi connectivity index (χ2n) is 3.37. The van der Waals surface area contributed by atoms with Gasteiger partial charge in [-0.3, -0.25) is 4.90 Å². The van der Waals surface area contributed by atoms with E-state index in [2.05, 4.69) is 18.7 Å². The molecule has 0 aromatic rings. The molecule has 0 rings (SSSR count). The van der Waals surface area contributed by atoms with E-state index in [-0.39, 0.29) is 18.7 Å². The Labute approximate surface area is 69.2 Å². The van der Waals surface area contributed by atoms with Crippen LogP contribution in [0.15, 0.2) is 0 Å². The molecular weight excluding hydrogens is 140 g/mol. The van der Waals surface area contributed by atoms with Crippen LogP contribution in [0.4, 0.5) is 0 Å². The van der Waals surface area contributed by atoms with Crippen molar-refractivity contribution in [3.8, 4) is 0 Å². The first kappa shape index (κ1) is 10.9. The predicted molar refractivity (Wildman–Crippen MR) is 47.4 cm³/mol. The Morgan fingerprint density at radius 2 is 1.82 bits per heavy atom. The number of hydrogen-bond acceptors (Lipinski definition) is 3. The minimum absolute atomic E-state index is 0.0207. The maximum absolute atomic E-state index is 8.99. The topological polar surface area (TPSA) is 49.5 Å². The van der Waals surface area contributed by atoms with E-state index in [0.29, 0.717) is 6.04 Å². The van der Waals surface area contributed by atoms with E-state index in [1.807, 2.05) is 14.0 Å². The van der Waals surface area contributed by atoms with Crippen molar-refractivity contribution in [3.63, 3.8) is 0 Å².